The topological polar surface area (TPSA) is 46.3 Å². The van der Waals surface area contributed by atoms with Crippen LogP contribution in [0.5, 0.6) is 0 Å². The molecule has 2 aromatic heterocycles. The lowest BCUT2D eigenvalue weighted by molar-refractivity contribution is -0.117. The maximum absolute atomic E-state index is 12.6. The van der Waals surface area contributed by atoms with E-state index in [0.29, 0.717) is 33.1 Å². The van der Waals surface area contributed by atoms with Crippen molar-refractivity contribution in [2.45, 2.75) is 13.3 Å². The van der Waals surface area contributed by atoms with Crippen molar-refractivity contribution < 1.29 is 9.21 Å². The van der Waals surface area contributed by atoms with E-state index in [9.17, 15) is 4.79 Å². The molecule has 0 radical (unpaired) electrons. The first-order valence-electron chi connectivity index (χ1n) is 7.18. The lowest BCUT2D eigenvalue weighted by Gasteiger charge is -2.19. The molecule has 0 aliphatic rings. The first kappa shape index (κ1) is 17.0. The number of carbonyl (C=O) groups is 1. The van der Waals surface area contributed by atoms with Crippen LogP contribution < -0.4 is 4.90 Å². The average molecular weight is 381 g/mol. The van der Waals surface area contributed by atoms with Crippen molar-refractivity contribution >= 4 is 46.1 Å². The molecule has 0 N–H and O–H groups in total. The lowest BCUT2D eigenvalue weighted by atomic mass is 10.2. The van der Waals surface area contributed by atoms with E-state index in [-0.39, 0.29) is 12.3 Å². The van der Waals surface area contributed by atoms with Gasteiger partial charge in [0, 0.05) is 7.05 Å². The molecule has 0 aliphatic carbocycles. The van der Waals surface area contributed by atoms with Crippen LogP contribution in [0.1, 0.15) is 11.5 Å². The van der Waals surface area contributed by atoms with E-state index in [0.717, 1.165) is 4.88 Å². The SMILES string of the molecule is Cc1oc(-c2cccs2)nc1CC(=O)N(C)c1c(Cl)cccc1Cl. The molecular weight excluding hydrogens is 367 g/mol. The number of aromatic nitrogens is 1. The van der Waals surface area contributed by atoms with Gasteiger partial charge in [-0.1, -0.05) is 35.3 Å². The summed E-state index contributed by atoms with van der Waals surface area (Å²) in [6.45, 7) is 1.80. The molecule has 4 nitrogen and oxygen atoms in total. The Morgan fingerprint density at radius 1 is 1.25 bits per heavy atom. The Balaban J connectivity index is 1.82. The lowest BCUT2D eigenvalue weighted by Crippen LogP contribution is -2.28. The number of hydrogen-bond donors (Lipinski definition) is 0. The highest BCUT2D eigenvalue weighted by Crippen LogP contribution is 2.33. The number of amides is 1. The molecule has 0 saturated heterocycles. The summed E-state index contributed by atoms with van der Waals surface area (Å²) in [7, 11) is 1.64. The Hall–Kier alpha value is -1.82. The molecule has 3 aromatic rings. The number of likely N-dealkylation sites (N-methyl/N-ethyl adjacent to an activating group) is 1. The largest absolute Gasteiger partial charge is 0.440 e. The van der Waals surface area contributed by atoms with Crippen molar-refractivity contribution in [2.24, 2.45) is 0 Å². The molecule has 0 fully saturated rings. The van der Waals surface area contributed by atoms with Crippen LogP contribution in [0.4, 0.5) is 5.69 Å². The highest BCUT2D eigenvalue weighted by atomic mass is 35.5. The highest BCUT2D eigenvalue weighted by molar-refractivity contribution is 7.13. The van der Waals surface area contributed by atoms with Crippen molar-refractivity contribution in [3.63, 3.8) is 0 Å². The number of rotatable bonds is 4. The summed E-state index contributed by atoms with van der Waals surface area (Å²) < 4.78 is 5.67. The summed E-state index contributed by atoms with van der Waals surface area (Å²) in [4.78, 5) is 19.4. The van der Waals surface area contributed by atoms with E-state index in [4.69, 9.17) is 27.6 Å². The van der Waals surface area contributed by atoms with Crippen LogP contribution >= 0.6 is 34.5 Å². The van der Waals surface area contributed by atoms with Gasteiger partial charge >= 0.3 is 0 Å². The standard InChI is InChI=1S/C17H14Cl2N2O2S/c1-10-13(20-17(23-10)14-7-4-8-24-14)9-15(22)21(2)16-11(18)5-3-6-12(16)19/h3-8H,9H2,1-2H3. The molecule has 2 heterocycles. The van der Waals surface area contributed by atoms with Gasteiger partial charge in [0.25, 0.3) is 0 Å². The third kappa shape index (κ3) is 3.34. The smallest absolute Gasteiger partial charge is 0.236 e. The van der Waals surface area contributed by atoms with Crippen LogP contribution in [0.15, 0.2) is 40.1 Å². The van der Waals surface area contributed by atoms with E-state index in [1.54, 1.807) is 32.2 Å². The van der Waals surface area contributed by atoms with Gasteiger partial charge in [0.2, 0.25) is 11.8 Å². The van der Waals surface area contributed by atoms with Gasteiger partial charge in [-0.25, -0.2) is 4.98 Å². The normalized spacial score (nSPS) is 10.8. The first-order valence-corrected chi connectivity index (χ1v) is 8.81. The molecule has 124 valence electrons. The van der Waals surface area contributed by atoms with Crippen molar-refractivity contribution in [1.29, 1.82) is 0 Å². The summed E-state index contributed by atoms with van der Waals surface area (Å²) in [5.41, 5.74) is 1.10. The molecule has 7 heteroatoms. The van der Waals surface area contributed by atoms with E-state index in [2.05, 4.69) is 4.98 Å². The Kier molecular flexibility index (Phi) is 4.94. The molecule has 0 aliphatic heterocycles. The Morgan fingerprint density at radius 3 is 2.58 bits per heavy atom. The number of aryl methyl sites for hydroxylation is 1. The number of oxazole rings is 1. The zero-order valence-corrected chi connectivity index (χ0v) is 15.4. The number of hydrogen-bond acceptors (Lipinski definition) is 4. The molecule has 0 bridgehead atoms. The van der Waals surface area contributed by atoms with Gasteiger partial charge in [0.15, 0.2) is 0 Å². The summed E-state index contributed by atoms with van der Waals surface area (Å²) in [6.07, 6.45) is 0.110. The van der Waals surface area contributed by atoms with Gasteiger partial charge in [-0.15, -0.1) is 11.3 Å². The molecular formula is C17H14Cl2N2O2S. The number of nitrogens with zero attached hydrogens (tertiary/aromatic N) is 2. The summed E-state index contributed by atoms with van der Waals surface area (Å²) in [5.74, 6) is 0.994. The van der Waals surface area contributed by atoms with E-state index in [1.165, 1.54) is 16.2 Å². The summed E-state index contributed by atoms with van der Waals surface area (Å²) >= 11 is 13.9. The molecule has 3 rings (SSSR count). The third-order valence-electron chi connectivity index (χ3n) is 3.59. The number of para-hydroxylation sites is 1. The molecule has 0 unspecified atom stereocenters. The second-order valence-electron chi connectivity index (χ2n) is 5.20. The summed E-state index contributed by atoms with van der Waals surface area (Å²) in [6, 6.07) is 8.99. The van der Waals surface area contributed by atoms with Crippen molar-refractivity contribution in [3.8, 4) is 10.8 Å². The fourth-order valence-corrected chi connectivity index (χ4v) is 3.59. The number of thiophene rings is 1. The fraction of sp³-hybridized carbons (Fsp3) is 0.176. The molecule has 0 spiro atoms. The number of benzene rings is 1. The minimum absolute atomic E-state index is 0.110. The number of carbonyl (C=O) groups excluding carboxylic acids is 1. The maximum Gasteiger partial charge on any atom is 0.236 e. The molecule has 0 atom stereocenters. The fourth-order valence-electron chi connectivity index (χ4n) is 2.29. The number of anilines is 1. The minimum atomic E-state index is -0.167. The van der Waals surface area contributed by atoms with E-state index < -0.39 is 0 Å². The van der Waals surface area contributed by atoms with Crippen molar-refractivity contribution in [2.75, 3.05) is 11.9 Å². The van der Waals surface area contributed by atoms with Gasteiger partial charge < -0.3 is 9.32 Å². The molecule has 1 aromatic carbocycles. The van der Waals surface area contributed by atoms with Gasteiger partial charge in [-0.3, -0.25) is 4.79 Å². The van der Waals surface area contributed by atoms with Crippen molar-refractivity contribution in [1.82, 2.24) is 4.98 Å². The van der Waals surface area contributed by atoms with Gasteiger partial charge in [-0.2, -0.15) is 0 Å². The highest BCUT2D eigenvalue weighted by Gasteiger charge is 2.21. The molecule has 24 heavy (non-hydrogen) atoms. The predicted molar refractivity (Wildman–Crippen MR) is 98.1 cm³/mol. The minimum Gasteiger partial charge on any atom is -0.440 e. The second kappa shape index (κ2) is 6.97. The van der Waals surface area contributed by atoms with Crippen LogP contribution in [0.3, 0.4) is 0 Å². The van der Waals surface area contributed by atoms with Gasteiger partial charge in [0.05, 0.1) is 32.7 Å². The first-order chi connectivity index (χ1) is 11.5. The average Bonchev–Trinajstić information content (AvgIpc) is 3.17. The maximum atomic E-state index is 12.6. The van der Waals surface area contributed by atoms with Crippen LogP contribution in [-0.2, 0) is 11.2 Å². The summed E-state index contributed by atoms with van der Waals surface area (Å²) in [5, 5.41) is 2.80. The predicted octanol–water partition coefficient (Wildman–Crippen LogP) is 5.22. The van der Waals surface area contributed by atoms with Crippen LogP contribution in [0.2, 0.25) is 10.0 Å². The van der Waals surface area contributed by atoms with Crippen molar-refractivity contribution in [3.05, 3.63) is 57.2 Å². The number of halogens is 2. The zero-order valence-electron chi connectivity index (χ0n) is 13.0. The Labute approximate surface area is 153 Å². The molecule has 0 saturated carbocycles. The second-order valence-corrected chi connectivity index (χ2v) is 6.96. The van der Waals surface area contributed by atoms with Crippen LogP contribution in [-0.4, -0.2) is 17.9 Å². The quantitative estimate of drug-likeness (QED) is 0.622. The van der Waals surface area contributed by atoms with Gasteiger partial charge in [0.1, 0.15) is 5.76 Å². The van der Waals surface area contributed by atoms with E-state index in [1.807, 2.05) is 17.5 Å². The van der Waals surface area contributed by atoms with E-state index >= 15 is 0 Å². The van der Waals surface area contributed by atoms with Crippen LogP contribution in [0.25, 0.3) is 10.8 Å². The Bertz CT molecular complexity index is 855. The molecule has 1 amide bonds. The third-order valence-corrected chi connectivity index (χ3v) is 5.06. The van der Waals surface area contributed by atoms with Gasteiger partial charge in [-0.05, 0) is 30.5 Å². The monoisotopic (exact) mass is 380 g/mol. The zero-order chi connectivity index (χ0) is 17.3. The van der Waals surface area contributed by atoms with Crippen LogP contribution in [0, 0.1) is 6.92 Å². The Morgan fingerprint density at radius 2 is 1.96 bits per heavy atom.